The van der Waals surface area contributed by atoms with Gasteiger partial charge in [0.05, 0.1) is 18.8 Å². The molecule has 1 unspecified atom stereocenters. The number of thioether (sulfide) groups is 1. The number of ether oxygens (including phenoxy) is 1. The molecule has 17 heavy (non-hydrogen) atoms. The van der Waals surface area contributed by atoms with Gasteiger partial charge in [-0.1, -0.05) is 12.1 Å². The third kappa shape index (κ3) is 3.46. The highest BCUT2D eigenvalue weighted by atomic mass is 32.2. The van der Waals surface area contributed by atoms with Gasteiger partial charge in [-0.25, -0.2) is 0 Å². The molecule has 1 aromatic rings. The van der Waals surface area contributed by atoms with Crippen LogP contribution < -0.4 is 0 Å². The predicted molar refractivity (Wildman–Crippen MR) is 63.6 cm³/mol. The molecule has 0 saturated heterocycles. The largest absolute Gasteiger partial charge is 0.469 e. The van der Waals surface area contributed by atoms with Crippen LogP contribution in [-0.4, -0.2) is 29.0 Å². The summed E-state index contributed by atoms with van der Waals surface area (Å²) in [5, 5.41) is 3.94. The zero-order valence-corrected chi connectivity index (χ0v) is 10.8. The second-order valence-corrected chi connectivity index (χ2v) is 5.29. The maximum atomic E-state index is 11.2. The van der Waals surface area contributed by atoms with Crippen LogP contribution in [0.4, 0.5) is 0 Å². The highest BCUT2D eigenvalue weighted by molar-refractivity contribution is 7.98. The fourth-order valence-electron chi connectivity index (χ4n) is 1.43. The lowest BCUT2D eigenvalue weighted by Crippen LogP contribution is -2.14. The first-order valence-corrected chi connectivity index (χ1v) is 6.84. The molecular weight excluding hydrogens is 240 g/mol. The Kier molecular flexibility index (Phi) is 4.04. The van der Waals surface area contributed by atoms with Gasteiger partial charge >= 0.3 is 5.97 Å². The lowest BCUT2D eigenvalue weighted by molar-refractivity contribution is -0.143. The first-order valence-electron chi connectivity index (χ1n) is 5.68. The number of carbonyl (C=O) groups excluding carboxylic acids is 1. The van der Waals surface area contributed by atoms with Crippen LogP contribution in [0.15, 0.2) is 4.52 Å². The van der Waals surface area contributed by atoms with Gasteiger partial charge in [-0.3, -0.25) is 4.79 Å². The average Bonchev–Trinajstić information content (AvgIpc) is 3.08. The van der Waals surface area contributed by atoms with Crippen LogP contribution >= 0.6 is 11.8 Å². The molecule has 6 heteroatoms. The number of hydrogen-bond donors (Lipinski definition) is 0. The quantitative estimate of drug-likeness (QED) is 0.725. The van der Waals surface area contributed by atoms with Crippen molar-refractivity contribution >= 4 is 17.7 Å². The Balaban J connectivity index is 1.72. The van der Waals surface area contributed by atoms with E-state index in [0.717, 1.165) is 5.82 Å². The van der Waals surface area contributed by atoms with Gasteiger partial charge in [-0.15, -0.1) is 0 Å². The van der Waals surface area contributed by atoms with E-state index < -0.39 is 0 Å². The fraction of sp³-hybridized carbons (Fsp3) is 0.727. The van der Waals surface area contributed by atoms with Crippen LogP contribution in [0.2, 0.25) is 0 Å². The van der Waals surface area contributed by atoms with Crippen molar-refractivity contribution in [1.82, 2.24) is 10.1 Å². The summed E-state index contributed by atoms with van der Waals surface area (Å²) in [6, 6.07) is 0. The van der Waals surface area contributed by atoms with Gasteiger partial charge in [0.25, 0.3) is 0 Å². The van der Waals surface area contributed by atoms with Crippen LogP contribution in [0.5, 0.6) is 0 Å². The molecular formula is C11H16N2O3S. The number of rotatable bonds is 6. The molecule has 1 atom stereocenters. The highest BCUT2D eigenvalue weighted by Gasteiger charge is 2.28. The maximum absolute atomic E-state index is 11.2. The molecule has 1 fully saturated rings. The van der Waals surface area contributed by atoms with Gasteiger partial charge in [-0.2, -0.15) is 16.7 Å². The Morgan fingerprint density at radius 3 is 3.06 bits per heavy atom. The predicted octanol–water partition coefficient (Wildman–Crippen LogP) is 1.99. The van der Waals surface area contributed by atoms with E-state index in [1.165, 1.54) is 20.0 Å². The summed E-state index contributed by atoms with van der Waals surface area (Å²) in [5.41, 5.74) is 0. The number of carbonyl (C=O) groups is 1. The van der Waals surface area contributed by atoms with E-state index in [2.05, 4.69) is 14.9 Å². The average molecular weight is 256 g/mol. The summed E-state index contributed by atoms with van der Waals surface area (Å²) in [6.07, 6.45) is 2.34. The topological polar surface area (TPSA) is 65.2 Å². The molecule has 2 rings (SSSR count). The summed E-state index contributed by atoms with van der Waals surface area (Å²) in [5.74, 6) is 3.08. The molecule has 0 amide bonds. The molecule has 94 valence electrons. The van der Waals surface area contributed by atoms with Gasteiger partial charge in [0, 0.05) is 11.7 Å². The zero-order chi connectivity index (χ0) is 12.3. The third-order valence-corrected chi connectivity index (χ3v) is 3.81. The Morgan fingerprint density at radius 2 is 2.41 bits per heavy atom. The molecule has 1 aliphatic rings. The maximum Gasteiger partial charge on any atom is 0.309 e. The van der Waals surface area contributed by atoms with Crippen molar-refractivity contribution < 1.29 is 14.1 Å². The molecule has 0 N–H and O–H groups in total. The van der Waals surface area contributed by atoms with E-state index in [0.29, 0.717) is 23.3 Å². The molecule has 0 aromatic carbocycles. The van der Waals surface area contributed by atoms with Crippen molar-refractivity contribution in [3.05, 3.63) is 11.7 Å². The lowest BCUT2D eigenvalue weighted by Gasteiger charge is -2.06. The lowest BCUT2D eigenvalue weighted by atomic mass is 10.2. The molecule has 1 heterocycles. The molecule has 0 aliphatic heterocycles. The van der Waals surface area contributed by atoms with Crippen LogP contribution in [0.3, 0.4) is 0 Å². The first-order chi connectivity index (χ1) is 8.20. The highest BCUT2D eigenvalue weighted by Crippen LogP contribution is 2.38. The molecule has 0 spiro atoms. The van der Waals surface area contributed by atoms with E-state index in [4.69, 9.17) is 4.52 Å². The minimum atomic E-state index is -0.179. The summed E-state index contributed by atoms with van der Waals surface area (Å²) >= 11 is 1.61. The standard InChI is InChI=1S/C11H16N2O3S/c1-7(11(14)15-2)5-17-6-9-12-10(13-16-9)8-3-4-8/h7-8H,3-6H2,1-2H3. The number of hydrogen-bond acceptors (Lipinski definition) is 6. The van der Waals surface area contributed by atoms with Crippen LogP contribution in [0, 0.1) is 5.92 Å². The van der Waals surface area contributed by atoms with Crippen molar-refractivity contribution in [2.75, 3.05) is 12.9 Å². The monoisotopic (exact) mass is 256 g/mol. The van der Waals surface area contributed by atoms with Crippen molar-refractivity contribution in [3.8, 4) is 0 Å². The first kappa shape index (κ1) is 12.4. The van der Waals surface area contributed by atoms with E-state index in [1.807, 2.05) is 6.92 Å². The van der Waals surface area contributed by atoms with Gasteiger partial charge in [-0.05, 0) is 12.8 Å². The van der Waals surface area contributed by atoms with E-state index in [9.17, 15) is 4.79 Å². The number of esters is 1. The van der Waals surface area contributed by atoms with Crippen LogP contribution in [0.1, 0.15) is 37.4 Å². The van der Waals surface area contributed by atoms with E-state index in [1.54, 1.807) is 11.8 Å². The van der Waals surface area contributed by atoms with Gasteiger partial charge < -0.3 is 9.26 Å². The Labute approximate surface area is 104 Å². The Hall–Kier alpha value is -1.04. The van der Waals surface area contributed by atoms with Crippen molar-refractivity contribution in [2.24, 2.45) is 5.92 Å². The molecule has 1 aromatic heterocycles. The molecule has 5 nitrogen and oxygen atoms in total. The SMILES string of the molecule is COC(=O)C(C)CSCc1nc(C2CC2)no1. The van der Waals surface area contributed by atoms with Gasteiger partial charge in [0.1, 0.15) is 0 Å². The Bertz CT molecular complexity index is 390. The van der Waals surface area contributed by atoms with E-state index >= 15 is 0 Å². The second kappa shape index (κ2) is 5.53. The van der Waals surface area contributed by atoms with Crippen LogP contribution in [0.25, 0.3) is 0 Å². The van der Waals surface area contributed by atoms with Gasteiger partial charge in [0.2, 0.25) is 5.89 Å². The molecule has 0 radical (unpaired) electrons. The van der Waals surface area contributed by atoms with Crippen LogP contribution in [-0.2, 0) is 15.3 Å². The summed E-state index contributed by atoms with van der Waals surface area (Å²) in [7, 11) is 1.41. The Morgan fingerprint density at radius 1 is 1.65 bits per heavy atom. The smallest absolute Gasteiger partial charge is 0.309 e. The normalized spacial score (nSPS) is 16.8. The van der Waals surface area contributed by atoms with Gasteiger partial charge in [0.15, 0.2) is 5.82 Å². The fourth-order valence-corrected chi connectivity index (χ4v) is 2.33. The minimum absolute atomic E-state index is 0.101. The molecule has 1 saturated carbocycles. The second-order valence-electron chi connectivity index (χ2n) is 4.26. The van der Waals surface area contributed by atoms with Crippen molar-refractivity contribution in [2.45, 2.75) is 31.4 Å². The van der Waals surface area contributed by atoms with E-state index in [-0.39, 0.29) is 11.9 Å². The van der Waals surface area contributed by atoms with Crippen molar-refractivity contribution in [3.63, 3.8) is 0 Å². The number of aromatic nitrogens is 2. The third-order valence-electron chi connectivity index (χ3n) is 2.62. The van der Waals surface area contributed by atoms with Crippen molar-refractivity contribution in [1.29, 1.82) is 0 Å². The molecule has 1 aliphatic carbocycles. The number of nitrogens with zero attached hydrogens (tertiary/aromatic N) is 2. The summed E-state index contributed by atoms with van der Waals surface area (Å²) < 4.78 is 9.79. The molecule has 0 bridgehead atoms. The number of methoxy groups -OCH3 is 1. The summed E-state index contributed by atoms with van der Waals surface area (Å²) in [6.45, 7) is 1.85. The zero-order valence-electron chi connectivity index (χ0n) is 10.0. The summed E-state index contributed by atoms with van der Waals surface area (Å²) in [4.78, 5) is 15.5. The minimum Gasteiger partial charge on any atom is -0.469 e.